The van der Waals surface area contributed by atoms with E-state index in [-0.39, 0.29) is 36.3 Å². The van der Waals surface area contributed by atoms with Crippen LogP contribution in [0.1, 0.15) is 28.4 Å². The number of hydrogen-bond acceptors (Lipinski definition) is 6. The van der Waals surface area contributed by atoms with Crippen molar-refractivity contribution in [2.24, 2.45) is 0 Å². The number of aromatic hydroxyl groups is 1. The molecule has 3 N–H and O–H groups in total. The van der Waals surface area contributed by atoms with Crippen molar-refractivity contribution in [3.8, 4) is 17.2 Å². The molecule has 0 heterocycles. The van der Waals surface area contributed by atoms with Crippen molar-refractivity contribution < 1.29 is 33.6 Å². The summed E-state index contributed by atoms with van der Waals surface area (Å²) in [6.07, 6.45) is 0.214. The molecule has 0 spiro atoms. The fraction of sp³-hybridized carbons (Fsp3) is 0.231. The van der Waals surface area contributed by atoms with Crippen LogP contribution in [0.2, 0.25) is 0 Å². The molecule has 0 saturated heterocycles. The van der Waals surface area contributed by atoms with Gasteiger partial charge in [-0.2, -0.15) is 0 Å². The Labute approximate surface area is 231 Å². The van der Waals surface area contributed by atoms with Gasteiger partial charge in [0.15, 0.2) is 5.75 Å². The number of nitrogens with one attached hydrogen (secondary N) is 1. The first kappa shape index (κ1) is 28.9. The topological polar surface area (TPSA) is 122 Å². The summed E-state index contributed by atoms with van der Waals surface area (Å²) in [5, 5.41) is 13.0. The van der Waals surface area contributed by atoms with Gasteiger partial charge < -0.3 is 24.8 Å². The quantitative estimate of drug-likeness (QED) is 0.181. The summed E-state index contributed by atoms with van der Waals surface area (Å²) in [7, 11) is -3.27. The number of carbonyl (C=O) groups excluding carboxylic acids is 2. The van der Waals surface area contributed by atoms with Gasteiger partial charge in [0.25, 0.3) is 5.91 Å². The number of halogens is 2. The van der Waals surface area contributed by atoms with E-state index in [2.05, 4.69) is 37.2 Å². The van der Waals surface area contributed by atoms with E-state index in [1.54, 1.807) is 19.1 Å². The molecule has 196 valence electrons. The fourth-order valence-electron chi connectivity index (χ4n) is 3.54. The molecule has 8 nitrogen and oxygen atoms in total. The highest BCUT2D eigenvalue weighted by Gasteiger charge is 2.25. The number of phenols is 1. The Morgan fingerprint density at radius 1 is 1.03 bits per heavy atom. The second-order valence-electron chi connectivity index (χ2n) is 8.35. The van der Waals surface area contributed by atoms with Gasteiger partial charge in [-0.1, -0.05) is 30.3 Å². The summed E-state index contributed by atoms with van der Waals surface area (Å²) in [6.45, 7) is 3.12. The van der Waals surface area contributed by atoms with Crippen LogP contribution >= 0.6 is 39.2 Å². The molecule has 3 aromatic rings. The van der Waals surface area contributed by atoms with Gasteiger partial charge in [-0.15, -0.1) is 0 Å². The van der Waals surface area contributed by atoms with Crippen LogP contribution < -0.4 is 10.1 Å². The lowest BCUT2D eigenvalue weighted by atomic mass is 10.1. The number of ether oxygens (including phenoxy) is 2. The van der Waals surface area contributed by atoms with Gasteiger partial charge in [-0.3, -0.25) is 9.36 Å². The van der Waals surface area contributed by atoms with E-state index in [9.17, 15) is 24.2 Å². The smallest absolute Gasteiger partial charge is 0.328 e. The van der Waals surface area contributed by atoms with Gasteiger partial charge in [0.2, 0.25) is 7.37 Å². The van der Waals surface area contributed by atoms with Crippen LogP contribution in [-0.4, -0.2) is 41.2 Å². The molecule has 0 saturated carbocycles. The second kappa shape index (κ2) is 12.7. The lowest BCUT2D eigenvalue weighted by Crippen LogP contribution is -2.43. The molecule has 0 aliphatic carbocycles. The molecule has 11 heteroatoms. The van der Waals surface area contributed by atoms with Gasteiger partial charge >= 0.3 is 5.97 Å². The molecular formula is C26H26Br2NO7P. The van der Waals surface area contributed by atoms with E-state index >= 15 is 0 Å². The van der Waals surface area contributed by atoms with E-state index in [0.717, 1.165) is 5.56 Å². The minimum absolute atomic E-state index is 0.00137. The highest BCUT2D eigenvalue weighted by Crippen LogP contribution is 2.44. The van der Waals surface area contributed by atoms with Crippen molar-refractivity contribution in [1.29, 1.82) is 0 Å². The highest BCUT2D eigenvalue weighted by molar-refractivity contribution is 9.11. The zero-order valence-corrected chi connectivity index (χ0v) is 24.2. The normalized spacial score (nSPS) is 13.3. The Morgan fingerprint density at radius 3 is 2.27 bits per heavy atom. The molecule has 0 aliphatic rings. The van der Waals surface area contributed by atoms with Crippen molar-refractivity contribution >= 4 is 51.1 Å². The summed E-state index contributed by atoms with van der Waals surface area (Å²) in [4.78, 5) is 35.3. The first-order valence-electron chi connectivity index (χ1n) is 11.3. The van der Waals surface area contributed by atoms with E-state index in [4.69, 9.17) is 9.47 Å². The maximum absolute atomic E-state index is 13.1. The summed E-state index contributed by atoms with van der Waals surface area (Å²) in [5.74, 6) is -0.928. The minimum Gasteiger partial charge on any atom is -0.507 e. The Morgan fingerprint density at radius 2 is 1.68 bits per heavy atom. The van der Waals surface area contributed by atoms with Gasteiger partial charge in [0, 0.05) is 19.2 Å². The standard InChI is InChI=1S/C26H26Br2NO7P/c1-3-35-26(32)22(13-16-7-5-4-6-8-16)29-25(31)19-14-18(9-10-23(19)30)36-24-20(27)11-17(12-21(24)28)15-37(2,33)34/h4-12,14,22,30H,3,13,15H2,1-2H3,(H,29,31)(H,33,34)/t22-/m0/s1. The number of carbonyl (C=O) groups is 2. The SMILES string of the molecule is CCOC(=O)[C@H](Cc1ccccc1)NC(=O)c1cc(Oc2c(Br)cc(CP(C)(=O)O)cc2Br)ccc1O. The van der Waals surface area contributed by atoms with Crippen LogP contribution in [0.15, 0.2) is 69.6 Å². The third kappa shape index (κ3) is 8.43. The summed E-state index contributed by atoms with van der Waals surface area (Å²) in [5.41, 5.74) is 1.38. The summed E-state index contributed by atoms with van der Waals surface area (Å²) >= 11 is 6.83. The van der Waals surface area contributed by atoms with Gasteiger partial charge in [0.1, 0.15) is 17.5 Å². The molecule has 1 unspecified atom stereocenters. The predicted octanol–water partition coefficient (Wildman–Crippen LogP) is 6.01. The van der Waals surface area contributed by atoms with Crippen molar-refractivity contribution in [3.63, 3.8) is 0 Å². The van der Waals surface area contributed by atoms with E-state index in [0.29, 0.717) is 20.3 Å². The summed E-state index contributed by atoms with van der Waals surface area (Å²) < 4.78 is 23.9. The number of esters is 1. The van der Waals surface area contributed by atoms with Crippen LogP contribution in [0.4, 0.5) is 0 Å². The van der Waals surface area contributed by atoms with Crippen LogP contribution in [0.3, 0.4) is 0 Å². The Balaban J connectivity index is 1.83. The third-order valence-corrected chi connectivity index (χ3v) is 7.26. The van der Waals surface area contributed by atoms with Gasteiger partial charge in [0.05, 0.1) is 21.1 Å². The van der Waals surface area contributed by atoms with Crippen LogP contribution in [0.25, 0.3) is 0 Å². The largest absolute Gasteiger partial charge is 0.507 e. The molecule has 37 heavy (non-hydrogen) atoms. The minimum atomic E-state index is -3.27. The van der Waals surface area contributed by atoms with Crippen molar-refractivity contribution in [2.75, 3.05) is 13.3 Å². The number of benzene rings is 3. The first-order chi connectivity index (χ1) is 17.5. The van der Waals surface area contributed by atoms with E-state index < -0.39 is 25.3 Å². The Kier molecular flexibility index (Phi) is 9.95. The number of hydrogen-bond donors (Lipinski definition) is 3. The zero-order chi connectivity index (χ0) is 27.2. The zero-order valence-electron chi connectivity index (χ0n) is 20.1. The third-order valence-electron chi connectivity index (χ3n) is 5.13. The Bertz CT molecular complexity index is 1300. The molecule has 2 atom stereocenters. The molecular weight excluding hydrogens is 629 g/mol. The molecule has 0 aromatic heterocycles. The lowest BCUT2D eigenvalue weighted by molar-refractivity contribution is -0.145. The van der Waals surface area contributed by atoms with Gasteiger partial charge in [-0.25, -0.2) is 4.79 Å². The Hall–Kier alpha value is -2.65. The summed E-state index contributed by atoms with van der Waals surface area (Å²) in [6, 6.07) is 15.7. The van der Waals surface area contributed by atoms with E-state index in [1.165, 1.54) is 24.9 Å². The number of rotatable bonds is 10. The van der Waals surface area contributed by atoms with Crippen LogP contribution in [0, 0.1) is 0 Å². The maximum atomic E-state index is 13.1. The lowest BCUT2D eigenvalue weighted by Gasteiger charge is -2.18. The van der Waals surface area contributed by atoms with Crippen molar-refractivity contribution in [2.45, 2.75) is 25.5 Å². The van der Waals surface area contributed by atoms with Crippen LogP contribution in [0.5, 0.6) is 17.2 Å². The van der Waals surface area contributed by atoms with Crippen molar-refractivity contribution in [3.05, 3.63) is 86.3 Å². The molecule has 0 bridgehead atoms. The number of phenolic OH excluding ortho intramolecular Hbond substituents is 1. The fourth-order valence-corrected chi connectivity index (χ4v) is 5.84. The predicted molar refractivity (Wildman–Crippen MR) is 148 cm³/mol. The monoisotopic (exact) mass is 653 g/mol. The number of amides is 1. The second-order valence-corrected chi connectivity index (χ2v) is 12.5. The molecule has 0 radical (unpaired) electrons. The molecule has 0 fully saturated rings. The average Bonchev–Trinajstić information content (AvgIpc) is 2.81. The van der Waals surface area contributed by atoms with Crippen LogP contribution in [-0.2, 0) is 26.7 Å². The molecule has 3 aromatic carbocycles. The first-order valence-corrected chi connectivity index (χ1v) is 15.1. The maximum Gasteiger partial charge on any atom is 0.328 e. The highest BCUT2D eigenvalue weighted by atomic mass is 79.9. The molecule has 0 aliphatic heterocycles. The molecule has 1 amide bonds. The van der Waals surface area contributed by atoms with Crippen molar-refractivity contribution in [1.82, 2.24) is 5.32 Å². The molecule has 3 rings (SSSR count). The van der Waals surface area contributed by atoms with Gasteiger partial charge in [-0.05, 0) is 80.2 Å². The average molecular weight is 655 g/mol. The van der Waals surface area contributed by atoms with E-state index in [1.807, 2.05) is 30.3 Å².